The first kappa shape index (κ1) is 20.3. The lowest BCUT2D eigenvalue weighted by atomic mass is 10.1. The summed E-state index contributed by atoms with van der Waals surface area (Å²) >= 11 is 0. The zero-order valence-corrected chi connectivity index (χ0v) is 17.0. The second kappa shape index (κ2) is 9.68. The number of anilines is 1. The lowest BCUT2D eigenvalue weighted by molar-refractivity contribution is 0.0945. The van der Waals surface area contributed by atoms with Gasteiger partial charge in [-0.3, -0.25) is 4.79 Å². The van der Waals surface area contributed by atoms with E-state index >= 15 is 0 Å². The van der Waals surface area contributed by atoms with Crippen molar-refractivity contribution in [3.8, 4) is 5.75 Å². The van der Waals surface area contributed by atoms with Gasteiger partial charge in [0.25, 0.3) is 5.91 Å². The van der Waals surface area contributed by atoms with Crippen molar-refractivity contribution in [2.75, 3.05) is 19.0 Å². The zero-order valence-electron chi connectivity index (χ0n) is 17.0. The van der Waals surface area contributed by atoms with E-state index in [1.807, 2.05) is 55.5 Å². The molecule has 2 N–H and O–H groups in total. The van der Waals surface area contributed by atoms with Gasteiger partial charge in [0.15, 0.2) is 0 Å². The molecular formula is C23H26N4O2. The van der Waals surface area contributed by atoms with E-state index in [0.29, 0.717) is 30.4 Å². The Bertz CT molecular complexity index is 954. The molecule has 0 saturated heterocycles. The van der Waals surface area contributed by atoms with Gasteiger partial charge >= 0.3 is 0 Å². The predicted octanol–water partition coefficient (Wildman–Crippen LogP) is 3.69. The number of ether oxygens (including phenoxy) is 1. The number of methoxy groups -OCH3 is 1. The third kappa shape index (κ3) is 6.04. The van der Waals surface area contributed by atoms with Crippen molar-refractivity contribution < 1.29 is 9.53 Å². The van der Waals surface area contributed by atoms with E-state index in [9.17, 15) is 4.79 Å². The van der Waals surface area contributed by atoms with Crippen molar-refractivity contribution >= 4 is 11.7 Å². The highest BCUT2D eigenvalue weighted by molar-refractivity contribution is 5.92. The Hall–Kier alpha value is -3.41. The first-order valence-electron chi connectivity index (χ1n) is 9.60. The van der Waals surface area contributed by atoms with E-state index in [2.05, 4.69) is 20.6 Å². The average molecular weight is 390 g/mol. The number of aryl methyl sites for hydroxylation is 2. The first-order valence-corrected chi connectivity index (χ1v) is 9.60. The van der Waals surface area contributed by atoms with Crippen LogP contribution in [0.3, 0.4) is 0 Å². The standard InChI is InChI=1S/C23H26N4O2/c1-16-4-6-19(7-5-16)15-25-23(28)21-14-22(27-17(2)26-21)24-13-12-18-8-10-20(29-3)11-9-18/h4-11,14H,12-13,15H2,1-3H3,(H,25,28)(H,24,26,27). The SMILES string of the molecule is COc1ccc(CCNc2cc(C(=O)NCc3ccc(C)cc3)nc(C)n2)cc1. The fourth-order valence-corrected chi connectivity index (χ4v) is 2.88. The molecule has 0 unspecified atom stereocenters. The maximum Gasteiger partial charge on any atom is 0.270 e. The summed E-state index contributed by atoms with van der Waals surface area (Å²) < 4.78 is 5.17. The predicted molar refractivity (Wildman–Crippen MR) is 114 cm³/mol. The van der Waals surface area contributed by atoms with Crippen LogP contribution in [0, 0.1) is 13.8 Å². The van der Waals surface area contributed by atoms with Crippen LogP contribution in [0.2, 0.25) is 0 Å². The summed E-state index contributed by atoms with van der Waals surface area (Å²) in [6, 6.07) is 17.7. The fourth-order valence-electron chi connectivity index (χ4n) is 2.88. The molecule has 1 heterocycles. The second-order valence-electron chi connectivity index (χ2n) is 6.88. The summed E-state index contributed by atoms with van der Waals surface area (Å²) in [6.07, 6.45) is 0.835. The molecule has 6 heteroatoms. The number of hydrogen-bond acceptors (Lipinski definition) is 5. The molecule has 3 aromatic rings. The number of benzene rings is 2. The lowest BCUT2D eigenvalue weighted by Crippen LogP contribution is -2.24. The van der Waals surface area contributed by atoms with Crippen LogP contribution >= 0.6 is 0 Å². The molecule has 29 heavy (non-hydrogen) atoms. The van der Waals surface area contributed by atoms with Crippen LogP contribution in [0.1, 0.15) is 33.0 Å². The van der Waals surface area contributed by atoms with E-state index < -0.39 is 0 Å². The number of nitrogens with one attached hydrogen (secondary N) is 2. The van der Waals surface area contributed by atoms with Gasteiger partial charge < -0.3 is 15.4 Å². The van der Waals surface area contributed by atoms with Crippen molar-refractivity contribution in [3.05, 3.63) is 82.8 Å². The highest BCUT2D eigenvalue weighted by atomic mass is 16.5. The summed E-state index contributed by atoms with van der Waals surface area (Å²) in [6.45, 7) is 4.98. The molecule has 1 amide bonds. The second-order valence-corrected chi connectivity index (χ2v) is 6.88. The van der Waals surface area contributed by atoms with E-state index in [1.165, 1.54) is 11.1 Å². The molecule has 0 aliphatic carbocycles. The summed E-state index contributed by atoms with van der Waals surface area (Å²) in [5.41, 5.74) is 3.79. The third-order valence-corrected chi connectivity index (χ3v) is 4.52. The van der Waals surface area contributed by atoms with E-state index in [4.69, 9.17) is 4.74 Å². The van der Waals surface area contributed by atoms with Crippen LogP contribution in [0.25, 0.3) is 0 Å². The van der Waals surface area contributed by atoms with Crippen molar-refractivity contribution in [3.63, 3.8) is 0 Å². The minimum atomic E-state index is -0.214. The highest BCUT2D eigenvalue weighted by Gasteiger charge is 2.10. The Labute approximate surface area is 171 Å². The Morgan fingerprint density at radius 2 is 1.66 bits per heavy atom. The molecule has 150 valence electrons. The normalized spacial score (nSPS) is 10.4. The van der Waals surface area contributed by atoms with Crippen LogP contribution in [0.5, 0.6) is 5.75 Å². The summed E-state index contributed by atoms with van der Waals surface area (Å²) in [4.78, 5) is 21.2. The topological polar surface area (TPSA) is 76.1 Å². The Morgan fingerprint density at radius 3 is 2.34 bits per heavy atom. The zero-order chi connectivity index (χ0) is 20.6. The molecule has 0 fully saturated rings. The van der Waals surface area contributed by atoms with Crippen molar-refractivity contribution in [1.29, 1.82) is 0 Å². The van der Waals surface area contributed by atoms with Crippen LogP contribution < -0.4 is 15.4 Å². The molecule has 0 radical (unpaired) electrons. The van der Waals surface area contributed by atoms with Gasteiger partial charge in [0.1, 0.15) is 23.1 Å². The van der Waals surface area contributed by atoms with Crippen LogP contribution in [0.15, 0.2) is 54.6 Å². The average Bonchev–Trinajstić information content (AvgIpc) is 2.73. The van der Waals surface area contributed by atoms with Crippen LogP contribution in [-0.2, 0) is 13.0 Å². The van der Waals surface area contributed by atoms with Crippen LogP contribution in [-0.4, -0.2) is 29.5 Å². The quantitative estimate of drug-likeness (QED) is 0.614. The molecule has 2 aromatic carbocycles. The van der Waals surface area contributed by atoms with Gasteiger partial charge in [0, 0.05) is 19.2 Å². The largest absolute Gasteiger partial charge is 0.497 e. The molecule has 0 aliphatic rings. The Morgan fingerprint density at radius 1 is 0.966 bits per heavy atom. The number of aromatic nitrogens is 2. The number of rotatable bonds is 8. The van der Waals surface area contributed by atoms with Crippen molar-refractivity contribution in [2.24, 2.45) is 0 Å². The summed E-state index contributed by atoms with van der Waals surface area (Å²) in [5.74, 6) is 1.83. The molecular weight excluding hydrogens is 364 g/mol. The summed E-state index contributed by atoms with van der Waals surface area (Å²) in [5, 5.41) is 6.19. The molecule has 0 aliphatic heterocycles. The fraction of sp³-hybridized carbons (Fsp3) is 0.261. The molecule has 6 nitrogen and oxygen atoms in total. The van der Waals surface area contributed by atoms with E-state index in [-0.39, 0.29) is 5.91 Å². The minimum Gasteiger partial charge on any atom is -0.497 e. The maximum absolute atomic E-state index is 12.5. The molecule has 0 bridgehead atoms. The van der Waals surface area contributed by atoms with Gasteiger partial charge in [-0.15, -0.1) is 0 Å². The Kier molecular flexibility index (Phi) is 6.79. The highest BCUT2D eigenvalue weighted by Crippen LogP contribution is 2.12. The minimum absolute atomic E-state index is 0.214. The van der Waals surface area contributed by atoms with E-state index in [1.54, 1.807) is 20.1 Å². The van der Waals surface area contributed by atoms with Crippen LogP contribution in [0.4, 0.5) is 5.82 Å². The van der Waals surface area contributed by atoms with Gasteiger partial charge in [-0.05, 0) is 43.5 Å². The van der Waals surface area contributed by atoms with Crippen molar-refractivity contribution in [1.82, 2.24) is 15.3 Å². The molecule has 1 aromatic heterocycles. The summed E-state index contributed by atoms with van der Waals surface area (Å²) in [7, 11) is 1.66. The van der Waals surface area contributed by atoms with Gasteiger partial charge in [-0.1, -0.05) is 42.0 Å². The smallest absolute Gasteiger partial charge is 0.270 e. The number of carbonyl (C=O) groups is 1. The molecule has 0 spiro atoms. The van der Waals surface area contributed by atoms with Gasteiger partial charge in [0.2, 0.25) is 0 Å². The number of amides is 1. The molecule has 3 rings (SSSR count). The molecule has 0 saturated carbocycles. The maximum atomic E-state index is 12.5. The van der Waals surface area contributed by atoms with Gasteiger partial charge in [-0.25, -0.2) is 9.97 Å². The number of hydrogen-bond donors (Lipinski definition) is 2. The van der Waals surface area contributed by atoms with Gasteiger partial charge in [0.05, 0.1) is 7.11 Å². The third-order valence-electron chi connectivity index (χ3n) is 4.52. The number of nitrogens with zero attached hydrogens (tertiary/aromatic N) is 2. The molecule has 0 atom stereocenters. The number of carbonyl (C=O) groups excluding carboxylic acids is 1. The monoisotopic (exact) mass is 390 g/mol. The first-order chi connectivity index (χ1) is 14.0. The lowest BCUT2D eigenvalue weighted by Gasteiger charge is -2.10. The van der Waals surface area contributed by atoms with E-state index in [0.717, 1.165) is 17.7 Å². The Balaban J connectivity index is 1.56. The van der Waals surface area contributed by atoms with Gasteiger partial charge in [-0.2, -0.15) is 0 Å². The van der Waals surface area contributed by atoms with Crippen molar-refractivity contribution in [2.45, 2.75) is 26.8 Å².